The topological polar surface area (TPSA) is 43.4 Å². The minimum Gasteiger partial charge on any atom is -0.496 e. The van der Waals surface area contributed by atoms with Gasteiger partial charge >= 0.3 is 0 Å². The fraction of sp³-hybridized carbons (Fsp3) is 0.238. The molecular weight excluding hydrogens is 374 g/mol. The fourth-order valence-corrected chi connectivity index (χ4v) is 3.68. The van der Waals surface area contributed by atoms with Crippen molar-refractivity contribution in [1.82, 2.24) is 0 Å². The minimum atomic E-state index is -1.04. The molecule has 3 rings (SSSR count). The van der Waals surface area contributed by atoms with E-state index in [2.05, 4.69) is 5.92 Å². The number of benzene rings is 2. The van der Waals surface area contributed by atoms with E-state index in [0.717, 1.165) is 12.1 Å². The van der Waals surface area contributed by atoms with E-state index in [0.29, 0.717) is 11.1 Å². The van der Waals surface area contributed by atoms with E-state index in [1.54, 1.807) is 6.07 Å². The van der Waals surface area contributed by atoms with Crippen molar-refractivity contribution >= 4 is 23.2 Å². The van der Waals surface area contributed by atoms with Gasteiger partial charge in [-0.05, 0) is 35.4 Å². The second kappa shape index (κ2) is 7.50. The molecule has 0 N–H and O–H groups in total. The number of hydrogen-bond donors (Lipinski definition) is 0. The summed E-state index contributed by atoms with van der Waals surface area (Å²) < 4.78 is 32.1. The summed E-state index contributed by atoms with van der Waals surface area (Å²) in [7, 11) is 1.38. The molecule has 0 amide bonds. The van der Waals surface area contributed by atoms with Gasteiger partial charge in [-0.25, -0.2) is 8.78 Å². The molecule has 0 aliphatic heterocycles. The van der Waals surface area contributed by atoms with Crippen LogP contribution >= 0.6 is 11.6 Å². The van der Waals surface area contributed by atoms with E-state index in [1.165, 1.54) is 19.2 Å². The first-order chi connectivity index (χ1) is 12.9. The first kappa shape index (κ1) is 19.1. The summed E-state index contributed by atoms with van der Waals surface area (Å²) in [4.78, 5) is 25.1. The Bertz CT molecular complexity index is 978. The lowest BCUT2D eigenvalue weighted by Crippen LogP contribution is -2.16. The molecule has 1 aliphatic rings. The van der Waals surface area contributed by atoms with Crippen LogP contribution in [-0.4, -0.2) is 18.7 Å². The van der Waals surface area contributed by atoms with Crippen LogP contribution in [0.1, 0.15) is 24.3 Å². The van der Waals surface area contributed by atoms with Gasteiger partial charge in [0.2, 0.25) is 0 Å². The Morgan fingerprint density at radius 2 is 1.93 bits per heavy atom. The Morgan fingerprint density at radius 1 is 1.19 bits per heavy atom. The second-order valence-electron chi connectivity index (χ2n) is 6.31. The molecule has 0 heterocycles. The summed E-state index contributed by atoms with van der Waals surface area (Å²) in [5, 5.41) is 0.141. The van der Waals surface area contributed by atoms with Crippen molar-refractivity contribution in [3.8, 4) is 29.2 Å². The molecule has 1 saturated carbocycles. The van der Waals surface area contributed by atoms with Gasteiger partial charge in [-0.2, -0.15) is 0 Å². The van der Waals surface area contributed by atoms with Gasteiger partial charge in [0, 0.05) is 29.3 Å². The molecule has 1 fully saturated rings. The van der Waals surface area contributed by atoms with Crippen molar-refractivity contribution in [2.75, 3.05) is 7.11 Å². The minimum absolute atomic E-state index is 0.0676. The lowest BCUT2D eigenvalue weighted by atomic mass is 9.91. The van der Waals surface area contributed by atoms with Crippen LogP contribution in [0, 0.1) is 29.9 Å². The first-order valence-corrected chi connectivity index (χ1v) is 8.58. The molecule has 2 unspecified atom stereocenters. The maximum absolute atomic E-state index is 13.5. The predicted molar refractivity (Wildman–Crippen MR) is 97.7 cm³/mol. The van der Waals surface area contributed by atoms with Gasteiger partial charge in [-0.1, -0.05) is 17.7 Å². The lowest BCUT2D eigenvalue weighted by molar-refractivity contribution is -0.124. The smallest absolute Gasteiger partial charge is 0.159 e. The Morgan fingerprint density at radius 3 is 2.56 bits per heavy atom. The summed E-state index contributed by atoms with van der Waals surface area (Å²) >= 11 is 6.38. The predicted octanol–water partition coefficient (Wildman–Crippen LogP) is 4.56. The second-order valence-corrected chi connectivity index (χ2v) is 6.72. The van der Waals surface area contributed by atoms with Gasteiger partial charge in [-0.3, -0.25) is 9.59 Å². The highest BCUT2D eigenvalue weighted by atomic mass is 35.5. The molecule has 0 spiro atoms. The van der Waals surface area contributed by atoms with E-state index < -0.39 is 23.5 Å². The van der Waals surface area contributed by atoms with Crippen LogP contribution in [-0.2, 0) is 9.59 Å². The highest BCUT2D eigenvalue weighted by Crippen LogP contribution is 2.43. The van der Waals surface area contributed by atoms with Gasteiger partial charge in [0.05, 0.1) is 7.11 Å². The number of ketones is 2. The molecule has 0 aromatic heterocycles. The number of ether oxygens (including phenoxy) is 1. The monoisotopic (exact) mass is 388 g/mol. The summed E-state index contributed by atoms with van der Waals surface area (Å²) in [5.74, 6) is -1.42. The molecule has 2 aromatic rings. The largest absolute Gasteiger partial charge is 0.496 e. The molecule has 6 heteroatoms. The van der Waals surface area contributed by atoms with E-state index in [-0.39, 0.29) is 40.7 Å². The number of carbonyl (C=O) groups excluding carboxylic acids is 2. The highest BCUT2D eigenvalue weighted by Gasteiger charge is 2.43. The standard InChI is InChI=1S/C21H15ClF2O3/c1-3-4-12-9-17(25)20(21(12)26)19-14(22)7-13(10-18(19)27-2)11-5-6-15(23)16(24)8-11/h1,5-8,10,12,20H,4,9H2,2H3. The molecule has 138 valence electrons. The molecule has 0 radical (unpaired) electrons. The van der Waals surface area contributed by atoms with Gasteiger partial charge < -0.3 is 4.74 Å². The van der Waals surface area contributed by atoms with Gasteiger partial charge in [0.15, 0.2) is 17.4 Å². The molecule has 1 aliphatic carbocycles. The number of hydrogen-bond acceptors (Lipinski definition) is 3. The van der Waals surface area contributed by atoms with Gasteiger partial charge in [0.25, 0.3) is 0 Å². The van der Waals surface area contributed by atoms with Crippen LogP contribution in [0.15, 0.2) is 30.3 Å². The summed E-state index contributed by atoms with van der Waals surface area (Å²) in [6.45, 7) is 0. The van der Waals surface area contributed by atoms with Crippen molar-refractivity contribution in [2.24, 2.45) is 5.92 Å². The summed E-state index contributed by atoms with van der Waals surface area (Å²) in [6, 6.07) is 6.49. The molecular formula is C21H15ClF2O3. The number of carbonyl (C=O) groups is 2. The van der Waals surface area contributed by atoms with Crippen molar-refractivity contribution in [1.29, 1.82) is 0 Å². The normalized spacial score (nSPS) is 19.2. The van der Waals surface area contributed by atoms with Crippen LogP contribution in [0.5, 0.6) is 5.75 Å². The summed E-state index contributed by atoms with van der Waals surface area (Å²) in [6.07, 6.45) is 5.53. The first-order valence-electron chi connectivity index (χ1n) is 8.20. The van der Waals surface area contributed by atoms with Crippen LogP contribution < -0.4 is 4.74 Å². The van der Waals surface area contributed by atoms with Crippen molar-refractivity contribution < 1.29 is 23.1 Å². The molecule has 2 atom stereocenters. The molecule has 27 heavy (non-hydrogen) atoms. The van der Waals surface area contributed by atoms with E-state index in [4.69, 9.17) is 22.8 Å². The van der Waals surface area contributed by atoms with E-state index in [1.807, 2.05) is 0 Å². The average Bonchev–Trinajstić information content (AvgIpc) is 2.91. The molecule has 0 saturated heterocycles. The zero-order valence-corrected chi connectivity index (χ0v) is 15.1. The third-order valence-electron chi connectivity index (χ3n) is 4.67. The van der Waals surface area contributed by atoms with E-state index >= 15 is 0 Å². The van der Waals surface area contributed by atoms with Gasteiger partial charge in [0.1, 0.15) is 17.5 Å². The maximum atomic E-state index is 13.5. The van der Waals surface area contributed by atoms with Gasteiger partial charge in [-0.15, -0.1) is 12.3 Å². The highest BCUT2D eigenvalue weighted by molar-refractivity contribution is 6.33. The average molecular weight is 389 g/mol. The SMILES string of the molecule is C#CCC1CC(=O)C(c2c(Cl)cc(-c3ccc(F)c(F)c3)cc2OC)C1=O. The number of methoxy groups -OCH3 is 1. The zero-order valence-electron chi connectivity index (χ0n) is 14.4. The number of rotatable bonds is 4. The third kappa shape index (κ3) is 3.45. The van der Waals surface area contributed by atoms with E-state index in [9.17, 15) is 18.4 Å². The van der Waals surface area contributed by atoms with Crippen molar-refractivity contribution in [3.63, 3.8) is 0 Å². The fourth-order valence-electron chi connectivity index (χ4n) is 3.36. The molecule has 3 nitrogen and oxygen atoms in total. The van der Waals surface area contributed by atoms with Crippen molar-refractivity contribution in [2.45, 2.75) is 18.8 Å². The van der Waals surface area contributed by atoms with Crippen LogP contribution in [0.2, 0.25) is 5.02 Å². The Hall–Kier alpha value is -2.71. The van der Waals surface area contributed by atoms with Crippen LogP contribution in [0.4, 0.5) is 8.78 Å². The van der Waals surface area contributed by atoms with Crippen molar-refractivity contribution in [3.05, 3.63) is 52.6 Å². The number of Topliss-reactive ketones (excluding diaryl/α,β-unsaturated/α-hetero) is 2. The molecule has 2 aromatic carbocycles. The third-order valence-corrected chi connectivity index (χ3v) is 4.99. The number of terminal acetylenes is 1. The Labute approximate surface area is 160 Å². The van der Waals surface area contributed by atoms with Crippen LogP contribution in [0.3, 0.4) is 0 Å². The lowest BCUT2D eigenvalue weighted by Gasteiger charge is -2.17. The zero-order chi connectivity index (χ0) is 19.7. The summed E-state index contributed by atoms with van der Waals surface area (Å²) in [5.41, 5.74) is 1.13. The Kier molecular flexibility index (Phi) is 5.29. The Balaban J connectivity index is 2.08. The number of halogens is 3. The quantitative estimate of drug-likeness (QED) is 0.569. The maximum Gasteiger partial charge on any atom is 0.159 e. The molecule has 0 bridgehead atoms. The van der Waals surface area contributed by atoms with Crippen LogP contribution in [0.25, 0.3) is 11.1 Å².